The van der Waals surface area contributed by atoms with Gasteiger partial charge in [0.25, 0.3) is 0 Å². The maximum atomic E-state index is 8.92. The minimum absolute atomic E-state index is 0.0343. The van der Waals surface area contributed by atoms with Crippen molar-refractivity contribution in [2.75, 3.05) is 6.61 Å². The molecular weight excluding hydrogens is 334 g/mol. The molecule has 2 aromatic carbocycles. The normalized spacial score (nSPS) is 25.7. The van der Waals surface area contributed by atoms with E-state index in [4.69, 9.17) is 14.7 Å². The predicted octanol–water partition coefficient (Wildman–Crippen LogP) is 5.79. The lowest BCUT2D eigenvalue weighted by molar-refractivity contribution is -0.193. The van der Waals surface area contributed by atoms with Crippen molar-refractivity contribution in [2.45, 2.75) is 63.3 Å². The van der Waals surface area contributed by atoms with Gasteiger partial charge in [0.1, 0.15) is 0 Å². The molecule has 1 atom stereocenters. The first-order valence-corrected chi connectivity index (χ1v) is 10.2. The molecule has 0 aromatic heterocycles. The van der Waals surface area contributed by atoms with Crippen molar-refractivity contribution in [1.29, 1.82) is 5.26 Å². The van der Waals surface area contributed by atoms with E-state index in [9.17, 15) is 0 Å². The summed E-state index contributed by atoms with van der Waals surface area (Å²) in [6.45, 7) is 0.853. The van der Waals surface area contributed by atoms with Crippen molar-refractivity contribution in [3.8, 4) is 17.2 Å². The second-order valence-electron chi connectivity index (χ2n) is 7.72. The van der Waals surface area contributed by atoms with E-state index < -0.39 is 0 Å². The molecule has 140 valence electrons. The maximum absolute atomic E-state index is 8.92. The van der Waals surface area contributed by atoms with Crippen LogP contribution in [0.15, 0.2) is 48.5 Å². The summed E-state index contributed by atoms with van der Waals surface area (Å²) in [6.07, 6.45) is 8.48. The van der Waals surface area contributed by atoms with E-state index in [0.717, 1.165) is 31.4 Å². The van der Waals surface area contributed by atoms with Crippen LogP contribution in [0.5, 0.6) is 0 Å². The minimum Gasteiger partial charge on any atom is -0.353 e. The molecule has 1 saturated heterocycles. The first-order valence-electron chi connectivity index (χ1n) is 10.2. The Hall–Kier alpha value is -2.15. The van der Waals surface area contributed by atoms with E-state index in [1.807, 2.05) is 24.3 Å². The molecule has 4 rings (SSSR count). The topological polar surface area (TPSA) is 42.2 Å². The summed E-state index contributed by atoms with van der Waals surface area (Å²) in [5.74, 6) is 0.632. The molecule has 1 unspecified atom stereocenters. The van der Waals surface area contributed by atoms with Crippen molar-refractivity contribution in [2.24, 2.45) is 0 Å². The third kappa shape index (κ3) is 4.58. The Kier molecular flexibility index (Phi) is 5.87. The van der Waals surface area contributed by atoms with Crippen LogP contribution >= 0.6 is 0 Å². The molecule has 2 aliphatic rings. The van der Waals surface area contributed by atoms with Crippen LogP contribution in [0.2, 0.25) is 0 Å². The van der Waals surface area contributed by atoms with Crippen LogP contribution in [0.4, 0.5) is 0 Å². The molecule has 1 aliphatic heterocycles. The summed E-state index contributed by atoms with van der Waals surface area (Å²) < 4.78 is 11.9. The second-order valence-corrected chi connectivity index (χ2v) is 7.72. The van der Waals surface area contributed by atoms with E-state index in [0.29, 0.717) is 17.6 Å². The lowest BCUT2D eigenvalue weighted by Crippen LogP contribution is -2.30. The first kappa shape index (κ1) is 18.2. The average Bonchev–Trinajstić information content (AvgIpc) is 2.75. The molecule has 0 spiro atoms. The third-order valence-electron chi connectivity index (χ3n) is 5.89. The fraction of sp³-hybridized carbons (Fsp3) is 0.458. The van der Waals surface area contributed by atoms with Crippen LogP contribution in [0.25, 0.3) is 11.1 Å². The lowest BCUT2D eigenvalue weighted by atomic mass is 9.82. The fourth-order valence-electron chi connectivity index (χ4n) is 4.25. The van der Waals surface area contributed by atoms with Gasteiger partial charge in [-0.1, -0.05) is 36.4 Å². The molecule has 3 heteroatoms. The molecule has 3 nitrogen and oxygen atoms in total. The number of benzene rings is 2. The van der Waals surface area contributed by atoms with E-state index in [1.165, 1.54) is 36.8 Å². The van der Waals surface area contributed by atoms with Crippen LogP contribution in [-0.2, 0) is 9.47 Å². The largest absolute Gasteiger partial charge is 0.353 e. The number of nitriles is 1. The molecule has 0 N–H and O–H groups in total. The van der Waals surface area contributed by atoms with Crippen LogP contribution in [0.3, 0.4) is 0 Å². The Morgan fingerprint density at radius 1 is 0.815 bits per heavy atom. The molecule has 0 radical (unpaired) electrons. The summed E-state index contributed by atoms with van der Waals surface area (Å²) in [6, 6.07) is 18.9. The number of hydrogen-bond donors (Lipinski definition) is 0. The van der Waals surface area contributed by atoms with E-state index >= 15 is 0 Å². The summed E-state index contributed by atoms with van der Waals surface area (Å²) in [4.78, 5) is 0. The fourth-order valence-corrected chi connectivity index (χ4v) is 4.25. The quantitative estimate of drug-likeness (QED) is 0.691. The molecule has 2 fully saturated rings. The molecule has 2 aromatic rings. The molecular formula is C24H27NO2. The van der Waals surface area contributed by atoms with Crippen molar-refractivity contribution < 1.29 is 9.47 Å². The number of rotatable bonds is 4. The van der Waals surface area contributed by atoms with Crippen molar-refractivity contribution in [3.63, 3.8) is 0 Å². The lowest BCUT2D eigenvalue weighted by Gasteiger charge is -2.33. The van der Waals surface area contributed by atoms with Gasteiger partial charge in [-0.25, -0.2) is 0 Å². The highest BCUT2D eigenvalue weighted by atomic mass is 16.7. The Balaban J connectivity index is 1.32. The van der Waals surface area contributed by atoms with E-state index in [1.54, 1.807) is 0 Å². The van der Waals surface area contributed by atoms with Gasteiger partial charge in [0, 0.05) is 6.61 Å². The molecule has 1 heterocycles. The Labute approximate surface area is 161 Å². The van der Waals surface area contributed by atoms with Gasteiger partial charge in [-0.15, -0.1) is 0 Å². The molecule has 0 amide bonds. The van der Waals surface area contributed by atoms with Gasteiger partial charge in [-0.3, -0.25) is 0 Å². The smallest absolute Gasteiger partial charge is 0.157 e. The zero-order valence-corrected chi connectivity index (χ0v) is 15.8. The van der Waals surface area contributed by atoms with Crippen molar-refractivity contribution >= 4 is 0 Å². The highest BCUT2D eigenvalue weighted by molar-refractivity contribution is 5.64. The Morgan fingerprint density at radius 2 is 1.48 bits per heavy atom. The maximum Gasteiger partial charge on any atom is 0.157 e. The number of ether oxygens (including phenoxy) is 2. The molecule has 0 bridgehead atoms. The van der Waals surface area contributed by atoms with Crippen LogP contribution in [0, 0.1) is 11.3 Å². The summed E-state index contributed by atoms with van der Waals surface area (Å²) in [7, 11) is 0. The highest BCUT2D eigenvalue weighted by Crippen LogP contribution is 2.35. The number of hydrogen-bond acceptors (Lipinski definition) is 3. The van der Waals surface area contributed by atoms with Crippen LogP contribution < -0.4 is 0 Å². The van der Waals surface area contributed by atoms with Crippen LogP contribution in [-0.4, -0.2) is 19.0 Å². The zero-order valence-electron chi connectivity index (χ0n) is 15.8. The van der Waals surface area contributed by atoms with Gasteiger partial charge < -0.3 is 9.47 Å². The third-order valence-corrected chi connectivity index (χ3v) is 5.89. The van der Waals surface area contributed by atoms with E-state index in [2.05, 4.69) is 30.3 Å². The molecule has 27 heavy (non-hydrogen) atoms. The number of nitrogens with zero attached hydrogens (tertiary/aromatic N) is 1. The Bertz CT molecular complexity index is 762. The van der Waals surface area contributed by atoms with E-state index in [-0.39, 0.29) is 6.29 Å². The SMILES string of the molecule is N#Cc1ccc(-c2ccc([C@H]3CC[C@H](OC4CCCCO4)CC3)cc2)cc1. The van der Waals surface area contributed by atoms with Gasteiger partial charge >= 0.3 is 0 Å². The van der Waals surface area contributed by atoms with Gasteiger partial charge in [0.05, 0.1) is 17.7 Å². The van der Waals surface area contributed by atoms with Gasteiger partial charge in [-0.05, 0) is 79.7 Å². The summed E-state index contributed by atoms with van der Waals surface area (Å²) in [5.41, 5.74) is 4.49. The highest BCUT2D eigenvalue weighted by Gasteiger charge is 2.26. The monoisotopic (exact) mass is 361 g/mol. The summed E-state index contributed by atoms with van der Waals surface area (Å²) >= 11 is 0. The van der Waals surface area contributed by atoms with Crippen molar-refractivity contribution in [3.05, 3.63) is 59.7 Å². The van der Waals surface area contributed by atoms with Gasteiger partial charge in [0.2, 0.25) is 0 Å². The Morgan fingerprint density at radius 3 is 2.07 bits per heavy atom. The average molecular weight is 361 g/mol. The molecule has 1 saturated carbocycles. The van der Waals surface area contributed by atoms with Gasteiger partial charge in [0.15, 0.2) is 6.29 Å². The molecule has 1 aliphatic carbocycles. The second kappa shape index (κ2) is 8.69. The van der Waals surface area contributed by atoms with Crippen molar-refractivity contribution in [1.82, 2.24) is 0 Å². The zero-order chi connectivity index (χ0) is 18.5. The predicted molar refractivity (Wildman–Crippen MR) is 106 cm³/mol. The summed E-state index contributed by atoms with van der Waals surface area (Å²) in [5, 5.41) is 8.92. The minimum atomic E-state index is 0.0343. The standard InChI is InChI=1S/C24H27NO2/c25-17-18-4-6-19(7-5-18)20-8-10-21(11-9-20)22-12-14-23(15-13-22)27-24-3-1-2-16-26-24/h4-11,22-24H,1-3,12-16H2/t22-,23-,24?. The first-order chi connectivity index (χ1) is 13.3. The van der Waals surface area contributed by atoms with Gasteiger partial charge in [-0.2, -0.15) is 5.26 Å². The van der Waals surface area contributed by atoms with Crippen LogP contribution in [0.1, 0.15) is 62.0 Å².